The molecule has 0 fully saturated rings. The third kappa shape index (κ3) is 2.74. The lowest BCUT2D eigenvalue weighted by atomic mass is 9.66. The number of aliphatic hydroxyl groups is 2. The highest BCUT2D eigenvalue weighted by atomic mass is 16.5. The van der Waals surface area contributed by atoms with Crippen molar-refractivity contribution in [3.05, 3.63) is 51.6 Å². The minimum absolute atomic E-state index is 0.0597. The number of benzene rings is 2. The van der Waals surface area contributed by atoms with Gasteiger partial charge in [-0.3, -0.25) is 14.4 Å². The molecule has 168 valence electrons. The van der Waals surface area contributed by atoms with Crippen molar-refractivity contribution in [3.8, 4) is 17.2 Å². The highest BCUT2D eigenvalue weighted by molar-refractivity contribution is 6.31. The molecule has 5 N–H and O–H groups in total. The lowest BCUT2D eigenvalue weighted by Gasteiger charge is -2.42. The molecule has 2 aromatic carbocycles. The maximum atomic E-state index is 13.2. The van der Waals surface area contributed by atoms with E-state index in [1.165, 1.54) is 18.2 Å². The van der Waals surface area contributed by atoms with Crippen LogP contribution in [0, 0.1) is 0 Å². The van der Waals surface area contributed by atoms with Gasteiger partial charge in [0.15, 0.2) is 5.78 Å². The number of aliphatic hydroxyl groups excluding tert-OH is 1. The summed E-state index contributed by atoms with van der Waals surface area (Å²) in [7, 11) is 1.09. The molecule has 0 spiro atoms. The summed E-state index contributed by atoms with van der Waals surface area (Å²) < 4.78 is 4.82. The molecular weight excluding hydrogens is 420 g/mol. The molecule has 9 heteroatoms. The zero-order valence-electron chi connectivity index (χ0n) is 17.4. The van der Waals surface area contributed by atoms with Crippen molar-refractivity contribution in [2.45, 2.75) is 43.8 Å². The van der Waals surface area contributed by atoms with Gasteiger partial charge in [-0.05, 0) is 12.5 Å². The Labute approximate surface area is 182 Å². The highest BCUT2D eigenvalue weighted by Crippen LogP contribution is 2.56. The fraction of sp³-hybridized carbons (Fsp3) is 0.348. The van der Waals surface area contributed by atoms with Crippen molar-refractivity contribution in [1.82, 2.24) is 0 Å². The Kier molecular flexibility index (Phi) is 4.98. The smallest absolute Gasteiger partial charge is 0.316 e. The average molecular weight is 442 g/mol. The first kappa shape index (κ1) is 21.8. The number of methoxy groups -OCH3 is 1. The second-order valence-electron chi connectivity index (χ2n) is 8.16. The van der Waals surface area contributed by atoms with Crippen LogP contribution in [-0.4, -0.2) is 55.8 Å². The minimum Gasteiger partial charge on any atom is -0.507 e. The molecule has 2 aromatic rings. The standard InChI is InChI=1S/C23H22O9/c1-3-7-23(31)8-11(25)13-14(17(23)22(30)32-2)21(29)15-16(20(13)28)19(27)12-9(18(15)26)5-4-6-10(12)24/h4-6,11,17,24-25,28-29,31H,3,7-8H2,1-2H3/t11-,17-,23+/m0/s1. The third-order valence-corrected chi connectivity index (χ3v) is 6.32. The molecule has 0 aliphatic heterocycles. The molecule has 0 aromatic heterocycles. The number of hydrogen-bond acceptors (Lipinski definition) is 9. The predicted octanol–water partition coefficient (Wildman–Crippen LogP) is 1.80. The molecule has 9 nitrogen and oxygen atoms in total. The van der Waals surface area contributed by atoms with E-state index in [-0.39, 0.29) is 35.1 Å². The number of aromatic hydroxyl groups is 3. The number of phenols is 3. The Morgan fingerprint density at radius 2 is 1.69 bits per heavy atom. The van der Waals surface area contributed by atoms with Gasteiger partial charge in [-0.25, -0.2) is 0 Å². The van der Waals surface area contributed by atoms with Gasteiger partial charge >= 0.3 is 5.97 Å². The average Bonchev–Trinajstić information content (AvgIpc) is 2.73. The Morgan fingerprint density at radius 3 is 2.31 bits per heavy atom. The topological polar surface area (TPSA) is 162 Å². The molecule has 0 saturated heterocycles. The van der Waals surface area contributed by atoms with E-state index in [2.05, 4.69) is 0 Å². The van der Waals surface area contributed by atoms with Gasteiger partial charge < -0.3 is 30.3 Å². The van der Waals surface area contributed by atoms with E-state index < -0.39 is 63.5 Å². The van der Waals surface area contributed by atoms with Gasteiger partial charge in [0.1, 0.15) is 23.2 Å². The van der Waals surface area contributed by atoms with Crippen molar-refractivity contribution < 1.29 is 44.7 Å². The number of fused-ring (bicyclic) bond motifs is 3. The van der Waals surface area contributed by atoms with Crippen molar-refractivity contribution in [1.29, 1.82) is 0 Å². The molecule has 2 aliphatic carbocycles. The van der Waals surface area contributed by atoms with E-state index in [4.69, 9.17) is 4.74 Å². The van der Waals surface area contributed by atoms with Gasteiger partial charge in [-0.1, -0.05) is 25.5 Å². The zero-order valence-corrected chi connectivity index (χ0v) is 17.4. The Bertz CT molecular complexity index is 1180. The Hall–Kier alpha value is -3.43. The van der Waals surface area contributed by atoms with E-state index >= 15 is 0 Å². The van der Waals surface area contributed by atoms with Crippen molar-refractivity contribution in [2.24, 2.45) is 0 Å². The first-order valence-electron chi connectivity index (χ1n) is 10.1. The molecule has 4 rings (SSSR count). The van der Waals surface area contributed by atoms with E-state index in [0.717, 1.165) is 7.11 Å². The largest absolute Gasteiger partial charge is 0.507 e. The summed E-state index contributed by atoms with van der Waals surface area (Å²) >= 11 is 0. The van der Waals surface area contributed by atoms with Crippen LogP contribution < -0.4 is 0 Å². The molecule has 0 heterocycles. The van der Waals surface area contributed by atoms with Crippen LogP contribution in [0.4, 0.5) is 0 Å². The number of carbonyl (C=O) groups is 3. The van der Waals surface area contributed by atoms with Crippen molar-refractivity contribution in [2.75, 3.05) is 7.11 Å². The maximum Gasteiger partial charge on any atom is 0.316 e. The van der Waals surface area contributed by atoms with Crippen LogP contribution in [0.5, 0.6) is 17.2 Å². The van der Waals surface area contributed by atoms with Crippen LogP contribution in [0.25, 0.3) is 0 Å². The first-order chi connectivity index (χ1) is 15.1. The first-order valence-corrected chi connectivity index (χ1v) is 10.1. The molecular formula is C23H22O9. The minimum atomic E-state index is -1.83. The summed E-state index contributed by atoms with van der Waals surface area (Å²) in [6.45, 7) is 1.75. The highest BCUT2D eigenvalue weighted by Gasteiger charge is 2.53. The van der Waals surface area contributed by atoms with Gasteiger partial charge in [0.25, 0.3) is 0 Å². The summed E-state index contributed by atoms with van der Waals surface area (Å²) in [6.07, 6.45) is -1.44. The molecule has 32 heavy (non-hydrogen) atoms. The quantitative estimate of drug-likeness (QED) is 0.301. The summed E-state index contributed by atoms with van der Waals surface area (Å²) in [6, 6.07) is 3.84. The number of rotatable bonds is 3. The van der Waals surface area contributed by atoms with Gasteiger partial charge in [-0.2, -0.15) is 0 Å². The fourth-order valence-electron chi connectivity index (χ4n) is 5.02. The molecule has 3 atom stereocenters. The van der Waals surface area contributed by atoms with E-state index in [1.807, 2.05) is 0 Å². The zero-order chi connectivity index (χ0) is 23.5. The SMILES string of the molecule is CCC[C@@]1(O)C[C@H](O)c2c(O)c3c(c(O)c2[C@H]1C(=O)OC)C(=O)c1cccc(O)c1C3=O. The lowest BCUT2D eigenvalue weighted by molar-refractivity contribution is -0.153. The van der Waals surface area contributed by atoms with Crippen LogP contribution in [-0.2, 0) is 9.53 Å². The van der Waals surface area contributed by atoms with Crippen LogP contribution in [0.1, 0.15) is 81.2 Å². The normalized spacial score (nSPS) is 23.9. The molecule has 2 aliphatic rings. The van der Waals surface area contributed by atoms with Gasteiger partial charge in [0, 0.05) is 23.1 Å². The summed E-state index contributed by atoms with van der Waals surface area (Å²) in [5.74, 6) is -6.30. The van der Waals surface area contributed by atoms with Crippen molar-refractivity contribution >= 4 is 17.5 Å². The van der Waals surface area contributed by atoms with Crippen LogP contribution in [0.15, 0.2) is 18.2 Å². The van der Waals surface area contributed by atoms with Crippen LogP contribution in [0.3, 0.4) is 0 Å². The lowest BCUT2D eigenvalue weighted by Crippen LogP contribution is -2.46. The summed E-state index contributed by atoms with van der Waals surface area (Å²) in [4.78, 5) is 39.0. The number of carbonyl (C=O) groups excluding carboxylic acids is 3. The summed E-state index contributed by atoms with van der Waals surface area (Å²) in [5.41, 5.74) is -4.19. The van der Waals surface area contributed by atoms with Crippen LogP contribution >= 0.6 is 0 Å². The number of ether oxygens (including phenoxy) is 1. The van der Waals surface area contributed by atoms with E-state index in [1.54, 1.807) is 6.92 Å². The number of ketones is 2. The van der Waals surface area contributed by atoms with Gasteiger partial charge in [0.05, 0.1) is 35.5 Å². The molecule has 0 bridgehead atoms. The van der Waals surface area contributed by atoms with Crippen molar-refractivity contribution in [3.63, 3.8) is 0 Å². The fourth-order valence-corrected chi connectivity index (χ4v) is 5.02. The number of hydrogen-bond donors (Lipinski definition) is 5. The van der Waals surface area contributed by atoms with Gasteiger partial charge in [0.2, 0.25) is 5.78 Å². The monoisotopic (exact) mass is 442 g/mol. The van der Waals surface area contributed by atoms with E-state index in [9.17, 15) is 39.9 Å². The van der Waals surface area contributed by atoms with E-state index in [0.29, 0.717) is 6.42 Å². The Balaban J connectivity index is 2.09. The summed E-state index contributed by atoms with van der Waals surface area (Å²) in [5, 5.41) is 54.3. The Morgan fingerprint density at radius 1 is 1.06 bits per heavy atom. The predicted molar refractivity (Wildman–Crippen MR) is 109 cm³/mol. The second-order valence-corrected chi connectivity index (χ2v) is 8.16. The second kappa shape index (κ2) is 7.32. The molecule has 0 saturated carbocycles. The van der Waals surface area contributed by atoms with Gasteiger partial charge in [-0.15, -0.1) is 0 Å². The van der Waals surface area contributed by atoms with Crippen LogP contribution in [0.2, 0.25) is 0 Å². The number of esters is 1. The third-order valence-electron chi connectivity index (χ3n) is 6.32. The molecule has 0 radical (unpaired) electrons. The number of phenolic OH excluding ortho intramolecular Hbond substituents is 3. The molecule has 0 unspecified atom stereocenters. The maximum absolute atomic E-state index is 13.2. The molecule has 0 amide bonds.